The van der Waals surface area contributed by atoms with Crippen LogP contribution in [0.15, 0.2) is 59.8 Å². The molecular formula is C21H26N4O4S. The highest BCUT2D eigenvalue weighted by atomic mass is 32.2. The largest absolute Gasteiger partial charge is 0.383 e. The zero-order valence-electron chi connectivity index (χ0n) is 17.4. The van der Waals surface area contributed by atoms with Gasteiger partial charge in [-0.1, -0.05) is 12.1 Å². The Labute approximate surface area is 177 Å². The Morgan fingerprint density at radius 3 is 2.50 bits per heavy atom. The number of aromatic nitrogens is 1. The molecule has 2 heterocycles. The van der Waals surface area contributed by atoms with Gasteiger partial charge in [0.1, 0.15) is 10.7 Å². The first-order valence-corrected chi connectivity index (χ1v) is 11.0. The maximum Gasteiger partial charge on any atom is 0.265 e. The Bertz CT molecular complexity index is 1010. The summed E-state index contributed by atoms with van der Waals surface area (Å²) in [6.45, 7) is 2.71. The Balaban J connectivity index is 1.81. The van der Waals surface area contributed by atoms with Crippen LogP contribution in [0.2, 0.25) is 0 Å². The molecule has 0 saturated carbocycles. The number of carbonyl (C=O) groups excluding carboxylic acids is 1. The number of hydrogen-bond donors (Lipinski definition) is 0. The van der Waals surface area contributed by atoms with E-state index in [-0.39, 0.29) is 10.7 Å². The first-order chi connectivity index (χ1) is 14.3. The third kappa shape index (κ3) is 4.98. The molecule has 2 aromatic rings. The van der Waals surface area contributed by atoms with Gasteiger partial charge in [-0.15, -0.1) is 0 Å². The lowest BCUT2D eigenvalue weighted by Crippen LogP contribution is -2.36. The number of ketones is 1. The van der Waals surface area contributed by atoms with Gasteiger partial charge in [-0.3, -0.25) is 9.10 Å². The molecular weight excluding hydrogens is 404 g/mol. The van der Waals surface area contributed by atoms with Crippen molar-refractivity contribution >= 4 is 27.3 Å². The Morgan fingerprint density at radius 2 is 1.87 bits per heavy atom. The second-order valence-electron chi connectivity index (χ2n) is 7.12. The molecule has 1 aliphatic rings. The summed E-state index contributed by atoms with van der Waals surface area (Å²) in [6, 6.07) is 9.80. The standard InChI is InChI=1S/C21H26N4O4S/c1-23(2)10-9-20(26)17-5-4-6-18(15-17)24(3)30(27,28)19-7-8-21(22-16-19)25-11-13-29-14-12-25/h4-10,15-16H,11-14H2,1-3H3. The monoisotopic (exact) mass is 430 g/mol. The van der Waals surface area contributed by atoms with Crippen molar-refractivity contribution in [3.05, 3.63) is 60.4 Å². The molecule has 1 aromatic carbocycles. The molecule has 0 amide bonds. The minimum Gasteiger partial charge on any atom is -0.383 e. The molecule has 0 spiro atoms. The summed E-state index contributed by atoms with van der Waals surface area (Å²) in [5.41, 5.74) is 0.810. The Hall–Kier alpha value is -2.91. The Morgan fingerprint density at radius 1 is 1.13 bits per heavy atom. The van der Waals surface area contributed by atoms with E-state index < -0.39 is 10.0 Å². The second-order valence-corrected chi connectivity index (χ2v) is 9.09. The number of benzene rings is 1. The molecule has 1 fully saturated rings. The van der Waals surface area contributed by atoms with Gasteiger partial charge in [0, 0.05) is 58.3 Å². The number of morpholine rings is 1. The van der Waals surface area contributed by atoms with E-state index >= 15 is 0 Å². The fourth-order valence-electron chi connectivity index (χ4n) is 2.97. The average molecular weight is 431 g/mol. The third-order valence-electron chi connectivity index (χ3n) is 4.73. The zero-order valence-corrected chi connectivity index (χ0v) is 18.2. The summed E-state index contributed by atoms with van der Waals surface area (Å²) in [6.07, 6.45) is 4.46. The van der Waals surface area contributed by atoms with E-state index in [1.807, 2.05) is 14.1 Å². The van der Waals surface area contributed by atoms with Gasteiger partial charge in [-0.05, 0) is 24.3 Å². The van der Waals surface area contributed by atoms with E-state index in [0.717, 1.165) is 23.2 Å². The first kappa shape index (κ1) is 21.8. The topological polar surface area (TPSA) is 83.1 Å². The minimum atomic E-state index is -3.82. The lowest BCUT2D eigenvalue weighted by atomic mass is 10.1. The number of nitrogens with zero attached hydrogens (tertiary/aromatic N) is 4. The molecule has 3 rings (SSSR count). The van der Waals surface area contributed by atoms with Crippen LogP contribution < -0.4 is 9.21 Å². The summed E-state index contributed by atoms with van der Waals surface area (Å²) in [4.78, 5) is 20.6. The number of anilines is 2. The molecule has 1 aliphatic heterocycles. The van der Waals surface area contributed by atoms with E-state index in [9.17, 15) is 13.2 Å². The highest BCUT2D eigenvalue weighted by Gasteiger charge is 2.23. The van der Waals surface area contributed by atoms with Gasteiger partial charge in [0.15, 0.2) is 5.78 Å². The van der Waals surface area contributed by atoms with Crippen LogP contribution in [0.3, 0.4) is 0 Å². The fraction of sp³-hybridized carbons (Fsp3) is 0.333. The van der Waals surface area contributed by atoms with Gasteiger partial charge in [0.2, 0.25) is 0 Å². The number of hydrogen-bond acceptors (Lipinski definition) is 7. The maximum atomic E-state index is 13.1. The van der Waals surface area contributed by atoms with Gasteiger partial charge in [-0.25, -0.2) is 13.4 Å². The molecule has 160 valence electrons. The van der Waals surface area contributed by atoms with Crippen molar-refractivity contribution in [3.8, 4) is 0 Å². The van der Waals surface area contributed by atoms with Crippen molar-refractivity contribution in [2.45, 2.75) is 4.90 Å². The number of pyridine rings is 1. The van der Waals surface area contributed by atoms with Gasteiger partial charge in [-0.2, -0.15) is 0 Å². The lowest BCUT2D eigenvalue weighted by Gasteiger charge is -2.28. The van der Waals surface area contributed by atoms with Gasteiger partial charge in [0.05, 0.1) is 18.9 Å². The quantitative estimate of drug-likeness (QED) is 0.491. The van der Waals surface area contributed by atoms with Crippen LogP contribution in [0.4, 0.5) is 11.5 Å². The lowest BCUT2D eigenvalue weighted by molar-refractivity contribution is 0.104. The zero-order chi connectivity index (χ0) is 21.7. The number of ether oxygens (including phenoxy) is 1. The normalized spacial score (nSPS) is 14.7. The number of allylic oxidation sites excluding steroid dienone is 1. The minimum absolute atomic E-state index is 0.0891. The van der Waals surface area contributed by atoms with Crippen LogP contribution in [0, 0.1) is 0 Å². The summed E-state index contributed by atoms with van der Waals surface area (Å²) >= 11 is 0. The van der Waals surface area contributed by atoms with E-state index in [1.165, 1.54) is 19.3 Å². The smallest absolute Gasteiger partial charge is 0.265 e. The van der Waals surface area contributed by atoms with Crippen LogP contribution >= 0.6 is 0 Å². The molecule has 0 aliphatic carbocycles. The molecule has 0 atom stereocenters. The fourth-order valence-corrected chi connectivity index (χ4v) is 4.10. The SMILES string of the molecule is CN(C)C=CC(=O)c1cccc(N(C)S(=O)(=O)c2ccc(N3CCOCC3)nc2)c1. The van der Waals surface area contributed by atoms with Crippen molar-refractivity contribution in [1.29, 1.82) is 0 Å². The molecule has 0 bridgehead atoms. The Kier molecular flexibility index (Phi) is 6.73. The van der Waals surface area contributed by atoms with Gasteiger partial charge < -0.3 is 14.5 Å². The number of rotatable bonds is 7. The third-order valence-corrected chi connectivity index (χ3v) is 6.50. The summed E-state index contributed by atoms with van der Waals surface area (Å²) in [5, 5.41) is 0. The summed E-state index contributed by atoms with van der Waals surface area (Å²) in [7, 11) is 1.28. The molecule has 9 heteroatoms. The van der Waals surface area contributed by atoms with Crippen molar-refractivity contribution in [3.63, 3.8) is 0 Å². The van der Waals surface area contributed by atoms with E-state index in [0.29, 0.717) is 24.5 Å². The summed E-state index contributed by atoms with van der Waals surface area (Å²) in [5.74, 6) is 0.521. The highest BCUT2D eigenvalue weighted by Crippen LogP contribution is 2.24. The molecule has 0 N–H and O–H groups in total. The number of carbonyl (C=O) groups is 1. The van der Waals surface area contributed by atoms with E-state index in [1.54, 1.807) is 47.5 Å². The van der Waals surface area contributed by atoms with Crippen LogP contribution in [-0.2, 0) is 14.8 Å². The molecule has 1 aromatic heterocycles. The van der Waals surface area contributed by atoms with Gasteiger partial charge >= 0.3 is 0 Å². The van der Waals surface area contributed by atoms with Crippen molar-refractivity contribution in [1.82, 2.24) is 9.88 Å². The van der Waals surface area contributed by atoms with E-state index in [2.05, 4.69) is 9.88 Å². The van der Waals surface area contributed by atoms with Crippen LogP contribution in [0.1, 0.15) is 10.4 Å². The first-order valence-electron chi connectivity index (χ1n) is 9.56. The van der Waals surface area contributed by atoms with Gasteiger partial charge in [0.25, 0.3) is 10.0 Å². The van der Waals surface area contributed by atoms with Crippen molar-refractivity contribution in [2.75, 3.05) is 56.7 Å². The second kappa shape index (κ2) is 9.27. The predicted molar refractivity (Wildman–Crippen MR) is 116 cm³/mol. The van der Waals surface area contributed by atoms with Crippen molar-refractivity contribution < 1.29 is 17.9 Å². The number of sulfonamides is 1. The molecule has 8 nitrogen and oxygen atoms in total. The summed E-state index contributed by atoms with van der Waals surface area (Å²) < 4.78 is 32.6. The average Bonchev–Trinajstić information content (AvgIpc) is 2.77. The van der Waals surface area contributed by atoms with E-state index in [4.69, 9.17) is 4.74 Å². The van der Waals surface area contributed by atoms with Crippen LogP contribution in [-0.4, -0.2) is 71.5 Å². The molecule has 0 radical (unpaired) electrons. The predicted octanol–water partition coefficient (Wildman–Crippen LogP) is 2.00. The van der Waals surface area contributed by atoms with Crippen LogP contribution in [0.5, 0.6) is 0 Å². The highest BCUT2D eigenvalue weighted by molar-refractivity contribution is 7.92. The van der Waals surface area contributed by atoms with Crippen molar-refractivity contribution in [2.24, 2.45) is 0 Å². The maximum absolute atomic E-state index is 13.1. The molecule has 1 saturated heterocycles. The molecule has 0 unspecified atom stereocenters. The van der Waals surface area contributed by atoms with Crippen LogP contribution in [0.25, 0.3) is 0 Å². The molecule has 30 heavy (non-hydrogen) atoms.